The van der Waals surface area contributed by atoms with E-state index in [1.165, 1.54) is 0 Å². The predicted octanol–water partition coefficient (Wildman–Crippen LogP) is 2.46. The molecule has 0 aliphatic carbocycles. The van der Waals surface area contributed by atoms with E-state index in [1.54, 1.807) is 17.2 Å². The second kappa shape index (κ2) is 4.55. The Balaban J connectivity index is 2.23. The van der Waals surface area contributed by atoms with Gasteiger partial charge in [-0.15, -0.1) is 0 Å². The fraction of sp³-hybridized carbons (Fsp3) is 0.615. The Kier molecular flexibility index (Phi) is 3.24. The van der Waals surface area contributed by atoms with Crippen molar-refractivity contribution in [2.24, 2.45) is 18.4 Å². The molecular formula is C13H21N5. The number of fused-ring (bicyclic) bond motifs is 1. The second-order valence-corrected chi connectivity index (χ2v) is 5.72. The van der Waals surface area contributed by atoms with Gasteiger partial charge in [0, 0.05) is 13.6 Å². The van der Waals surface area contributed by atoms with Gasteiger partial charge < -0.3 is 5.32 Å². The van der Waals surface area contributed by atoms with E-state index in [4.69, 9.17) is 0 Å². The van der Waals surface area contributed by atoms with Gasteiger partial charge in [-0.1, -0.05) is 27.7 Å². The molecule has 98 valence electrons. The molecule has 0 amide bonds. The molecule has 0 spiro atoms. The first-order valence-corrected chi connectivity index (χ1v) is 6.28. The van der Waals surface area contributed by atoms with Crippen molar-refractivity contribution in [2.45, 2.75) is 27.7 Å². The van der Waals surface area contributed by atoms with Gasteiger partial charge in [0.25, 0.3) is 0 Å². The van der Waals surface area contributed by atoms with Crippen LogP contribution in [0.2, 0.25) is 0 Å². The number of hydrogen-bond donors (Lipinski definition) is 1. The minimum absolute atomic E-state index is 0.222. The fourth-order valence-corrected chi connectivity index (χ4v) is 1.62. The van der Waals surface area contributed by atoms with E-state index in [1.807, 2.05) is 7.05 Å². The molecule has 1 N–H and O–H groups in total. The molecule has 5 nitrogen and oxygen atoms in total. The number of nitrogens with one attached hydrogen (secondary N) is 1. The van der Waals surface area contributed by atoms with Crippen LogP contribution in [-0.4, -0.2) is 26.3 Å². The number of nitrogens with zero attached hydrogens (tertiary/aromatic N) is 4. The quantitative estimate of drug-likeness (QED) is 0.901. The van der Waals surface area contributed by atoms with Crippen LogP contribution in [0, 0.1) is 11.3 Å². The molecule has 0 aliphatic rings. The molecule has 18 heavy (non-hydrogen) atoms. The van der Waals surface area contributed by atoms with Crippen LogP contribution in [-0.2, 0) is 7.05 Å². The summed E-state index contributed by atoms with van der Waals surface area (Å²) in [6.45, 7) is 9.87. The van der Waals surface area contributed by atoms with Gasteiger partial charge in [0.15, 0.2) is 5.65 Å². The Morgan fingerprint density at radius 1 is 1.33 bits per heavy atom. The lowest BCUT2D eigenvalue weighted by Gasteiger charge is -2.29. The van der Waals surface area contributed by atoms with Crippen molar-refractivity contribution in [3.05, 3.63) is 12.5 Å². The van der Waals surface area contributed by atoms with E-state index < -0.39 is 0 Å². The summed E-state index contributed by atoms with van der Waals surface area (Å²) < 4.78 is 1.76. The molecule has 0 atom stereocenters. The van der Waals surface area contributed by atoms with E-state index in [0.29, 0.717) is 5.92 Å². The zero-order chi connectivity index (χ0) is 13.3. The van der Waals surface area contributed by atoms with E-state index in [9.17, 15) is 0 Å². The summed E-state index contributed by atoms with van der Waals surface area (Å²) in [5, 5.41) is 8.60. The number of anilines is 1. The molecule has 0 saturated heterocycles. The average Bonchev–Trinajstić information content (AvgIpc) is 2.69. The second-order valence-electron chi connectivity index (χ2n) is 5.72. The lowest BCUT2D eigenvalue weighted by molar-refractivity contribution is 0.269. The minimum Gasteiger partial charge on any atom is -0.369 e. The number of rotatable bonds is 4. The van der Waals surface area contributed by atoms with Gasteiger partial charge in [0.1, 0.15) is 12.1 Å². The Bertz CT molecular complexity index is 541. The van der Waals surface area contributed by atoms with Gasteiger partial charge in [-0.25, -0.2) is 9.97 Å². The molecule has 0 fully saturated rings. The molecule has 2 aromatic heterocycles. The van der Waals surface area contributed by atoms with Crippen LogP contribution in [0.3, 0.4) is 0 Å². The van der Waals surface area contributed by atoms with Gasteiger partial charge in [-0.05, 0) is 11.3 Å². The first-order valence-electron chi connectivity index (χ1n) is 6.28. The lowest BCUT2D eigenvalue weighted by atomic mass is 9.81. The average molecular weight is 247 g/mol. The van der Waals surface area contributed by atoms with E-state index in [0.717, 1.165) is 23.4 Å². The number of hydrogen-bond acceptors (Lipinski definition) is 4. The maximum Gasteiger partial charge on any atom is 0.163 e. The summed E-state index contributed by atoms with van der Waals surface area (Å²) in [6, 6.07) is 0. The van der Waals surface area contributed by atoms with Crippen LogP contribution in [0.1, 0.15) is 27.7 Å². The van der Waals surface area contributed by atoms with Gasteiger partial charge in [0.2, 0.25) is 0 Å². The van der Waals surface area contributed by atoms with Gasteiger partial charge in [0.05, 0.1) is 11.6 Å². The Morgan fingerprint density at radius 3 is 2.72 bits per heavy atom. The summed E-state index contributed by atoms with van der Waals surface area (Å²) in [7, 11) is 1.89. The minimum atomic E-state index is 0.222. The Hall–Kier alpha value is -1.65. The zero-order valence-corrected chi connectivity index (χ0v) is 11.7. The van der Waals surface area contributed by atoms with Crippen LogP contribution < -0.4 is 5.32 Å². The number of aromatic nitrogens is 4. The SMILES string of the molecule is CC(C)C(C)(C)CNc1ncnc2c1cnn2C. The van der Waals surface area contributed by atoms with Crippen LogP contribution in [0.5, 0.6) is 0 Å². The van der Waals surface area contributed by atoms with Crippen molar-refractivity contribution in [3.8, 4) is 0 Å². The third kappa shape index (κ3) is 2.30. The van der Waals surface area contributed by atoms with Gasteiger partial charge in [-0.3, -0.25) is 4.68 Å². The predicted molar refractivity (Wildman–Crippen MR) is 73.4 cm³/mol. The summed E-state index contributed by atoms with van der Waals surface area (Å²) in [6.07, 6.45) is 3.38. The standard InChI is InChI=1S/C13H21N5/c1-9(2)13(3,4)7-14-11-10-6-17-18(5)12(10)16-8-15-11/h6,8-9H,7H2,1-5H3,(H,14,15,16). The van der Waals surface area contributed by atoms with Gasteiger partial charge >= 0.3 is 0 Å². The Labute approximate surface area is 108 Å². The van der Waals surface area contributed by atoms with Crippen molar-refractivity contribution in [2.75, 3.05) is 11.9 Å². The van der Waals surface area contributed by atoms with Crippen molar-refractivity contribution >= 4 is 16.9 Å². The van der Waals surface area contributed by atoms with Crippen molar-refractivity contribution < 1.29 is 0 Å². The van der Waals surface area contributed by atoms with Crippen molar-refractivity contribution in [1.82, 2.24) is 19.7 Å². The molecule has 2 rings (SSSR count). The van der Waals surface area contributed by atoms with Crippen molar-refractivity contribution in [1.29, 1.82) is 0 Å². The summed E-state index contributed by atoms with van der Waals surface area (Å²) in [5.74, 6) is 1.47. The molecule has 0 saturated carbocycles. The number of aryl methyl sites for hydroxylation is 1. The third-order valence-electron chi connectivity index (χ3n) is 3.80. The molecule has 5 heteroatoms. The normalized spacial score (nSPS) is 12.3. The molecule has 0 aliphatic heterocycles. The smallest absolute Gasteiger partial charge is 0.163 e. The fourth-order valence-electron chi connectivity index (χ4n) is 1.62. The highest BCUT2D eigenvalue weighted by Crippen LogP contribution is 2.27. The molecule has 0 radical (unpaired) electrons. The molecule has 0 unspecified atom stereocenters. The molecule has 2 heterocycles. The highest BCUT2D eigenvalue weighted by molar-refractivity contribution is 5.85. The van der Waals surface area contributed by atoms with Crippen LogP contribution >= 0.6 is 0 Å². The van der Waals surface area contributed by atoms with Gasteiger partial charge in [-0.2, -0.15) is 5.10 Å². The highest BCUT2D eigenvalue weighted by Gasteiger charge is 2.22. The van der Waals surface area contributed by atoms with E-state index in [2.05, 4.69) is 48.1 Å². The molecule has 0 aromatic carbocycles. The van der Waals surface area contributed by atoms with E-state index in [-0.39, 0.29) is 5.41 Å². The molecular weight excluding hydrogens is 226 g/mol. The topological polar surface area (TPSA) is 55.6 Å². The summed E-state index contributed by atoms with van der Waals surface area (Å²) >= 11 is 0. The monoisotopic (exact) mass is 247 g/mol. The maximum absolute atomic E-state index is 4.31. The highest BCUT2D eigenvalue weighted by atomic mass is 15.3. The first kappa shape index (κ1) is 12.8. The van der Waals surface area contributed by atoms with Crippen LogP contribution in [0.25, 0.3) is 11.0 Å². The summed E-state index contributed by atoms with van der Waals surface area (Å²) in [4.78, 5) is 8.54. The zero-order valence-electron chi connectivity index (χ0n) is 11.7. The Morgan fingerprint density at radius 2 is 2.06 bits per heavy atom. The van der Waals surface area contributed by atoms with Crippen LogP contribution in [0.4, 0.5) is 5.82 Å². The van der Waals surface area contributed by atoms with Crippen molar-refractivity contribution in [3.63, 3.8) is 0 Å². The summed E-state index contributed by atoms with van der Waals surface area (Å²) in [5.41, 5.74) is 1.08. The maximum atomic E-state index is 4.31. The van der Waals surface area contributed by atoms with Crippen LogP contribution in [0.15, 0.2) is 12.5 Å². The van der Waals surface area contributed by atoms with E-state index >= 15 is 0 Å². The molecule has 0 bridgehead atoms. The largest absolute Gasteiger partial charge is 0.369 e. The third-order valence-corrected chi connectivity index (χ3v) is 3.80. The lowest BCUT2D eigenvalue weighted by Crippen LogP contribution is -2.28. The first-order chi connectivity index (χ1) is 8.42. The molecule has 2 aromatic rings.